The molecule has 1 aromatic heterocycles. The van der Waals surface area contributed by atoms with Gasteiger partial charge in [-0.1, -0.05) is 24.3 Å². The molecule has 0 aliphatic rings. The molecule has 0 fully saturated rings. The summed E-state index contributed by atoms with van der Waals surface area (Å²) in [5, 5.41) is 19.4. The van der Waals surface area contributed by atoms with Crippen LogP contribution in [0, 0.1) is 6.92 Å². The second-order valence-corrected chi connectivity index (χ2v) is 4.06. The Morgan fingerprint density at radius 1 is 1.22 bits per heavy atom. The number of aryl methyl sites for hydroxylation is 1. The summed E-state index contributed by atoms with van der Waals surface area (Å²) in [6.45, 7) is 2.07. The average molecular weight is 244 g/mol. The largest absolute Gasteiger partial charge is 0.394 e. The van der Waals surface area contributed by atoms with Crippen molar-refractivity contribution in [3.63, 3.8) is 0 Å². The zero-order valence-electron chi connectivity index (χ0n) is 10.2. The van der Waals surface area contributed by atoms with Crippen molar-refractivity contribution in [2.24, 2.45) is 0 Å². The van der Waals surface area contributed by atoms with Gasteiger partial charge in [0.2, 0.25) is 0 Å². The van der Waals surface area contributed by atoms with Crippen molar-refractivity contribution in [2.45, 2.75) is 6.92 Å². The van der Waals surface area contributed by atoms with Crippen molar-refractivity contribution < 1.29 is 10.3 Å². The fraction of sp³-hybridized carbons (Fsp3) is 0.214. The van der Waals surface area contributed by atoms with Gasteiger partial charge in [-0.3, -0.25) is 5.21 Å². The van der Waals surface area contributed by atoms with E-state index in [4.69, 9.17) is 5.11 Å². The predicted octanol–water partition coefficient (Wildman–Crippen LogP) is 2.24. The summed E-state index contributed by atoms with van der Waals surface area (Å²) in [7, 11) is 0. The Balaban J connectivity index is 2.36. The summed E-state index contributed by atoms with van der Waals surface area (Å²) in [4.78, 5) is 4.08. The van der Waals surface area contributed by atoms with Crippen LogP contribution in [0.2, 0.25) is 0 Å². The lowest BCUT2D eigenvalue weighted by atomic mass is 10.0. The van der Waals surface area contributed by atoms with E-state index in [-0.39, 0.29) is 13.2 Å². The van der Waals surface area contributed by atoms with Crippen LogP contribution in [0.15, 0.2) is 42.6 Å². The third kappa shape index (κ3) is 2.67. The number of pyridine rings is 1. The van der Waals surface area contributed by atoms with E-state index in [1.807, 2.05) is 37.3 Å². The molecule has 18 heavy (non-hydrogen) atoms. The smallest absolute Gasteiger partial charge is 0.152 e. The lowest BCUT2D eigenvalue weighted by Gasteiger charge is -2.15. The molecule has 0 unspecified atom stereocenters. The van der Waals surface area contributed by atoms with Crippen molar-refractivity contribution in [3.05, 3.63) is 48.2 Å². The first-order chi connectivity index (χ1) is 8.72. The van der Waals surface area contributed by atoms with Gasteiger partial charge in [-0.05, 0) is 35.7 Å². The van der Waals surface area contributed by atoms with Gasteiger partial charge in [0.05, 0.1) is 13.2 Å². The van der Waals surface area contributed by atoms with Gasteiger partial charge in [0, 0.05) is 6.20 Å². The molecule has 4 heteroatoms. The summed E-state index contributed by atoms with van der Waals surface area (Å²) in [5.41, 5.74) is 3.27. The Labute approximate surface area is 106 Å². The first kappa shape index (κ1) is 12.5. The summed E-state index contributed by atoms with van der Waals surface area (Å²) < 4.78 is 0. The Bertz CT molecular complexity index is 529. The van der Waals surface area contributed by atoms with E-state index in [1.165, 1.54) is 5.56 Å². The van der Waals surface area contributed by atoms with Crippen molar-refractivity contribution >= 4 is 5.82 Å². The molecular weight excluding hydrogens is 228 g/mol. The molecule has 0 saturated carbocycles. The fourth-order valence-electron chi connectivity index (χ4n) is 1.83. The minimum atomic E-state index is -0.118. The molecule has 1 heterocycles. The zero-order valence-corrected chi connectivity index (χ0v) is 10.2. The maximum Gasteiger partial charge on any atom is 0.152 e. The second-order valence-electron chi connectivity index (χ2n) is 4.06. The van der Waals surface area contributed by atoms with E-state index in [1.54, 1.807) is 12.3 Å². The SMILES string of the molecule is Cc1ccccc1-c1ccnc(N(O)CCO)c1. The monoisotopic (exact) mass is 244 g/mol. The third-order valence-corrected chi connectivity index (χ3v) is 2.78. The second kappa shape index (κ2) is 5.62. The van der Waals surface area contributed by atoms with Crippen molar-refractivity contribution in [3.8, 4) is 11.1 Å². The number of hydroxylamine groups is 1. The Kier molecular flexibility index (Phi) is 3.92. The molecule has 0 aliphatic heterocycles. The average Bonchev–Trinajstić information content (AvgIpc) is 2.40. The van der Waals surface area contributed by atoms with E-state index < -0.39 is 0 Å². The van der Waals surface area contributed by atoms with E-state index in [0.717, 1.165) is 16.2 Å². The molecule has 4 nitrogen and oxygen atoms in total. The van der Waals surface area contributed by atoms with Gasteiger partial charge < -0.3 is 5.11 Å². The van der Waals surface area contributed by atoms with Crippen molar-refractivity contribution in [1.82, 2.24) is 4.98 Å². The van der Waals surface area contributed by atoms with E-state index >= 15 is 0 Å². The Morgan fingerprint density at radius 3 is 2.72 bits per heavy atom. The van der Waals surface area contributed by atoms with Crippen LogP contribution in [0.1, 0.15) is 5.56 Å². The van der Waals surface area contributed by atoms with E-state index in [9.17, 15) is 5.21 Å². The minimum Gasteiger partial charge on any atom is -0.394 e. The normalized spacial score (nSPS) is 10.4. The lowest BCUT2D eigenvalue weighted by molar-refractivity contribution is 0.208. The van der Waals surface area contributed by atoms with Crippen LogP contribution >= 0.6 is 0 Å². The summed E-state index contributed by atoms with van der Waals surface area (Å²) in [5.74, 6) is 0.435. The molecule has 0 aliphatic carbocycles. The first-order valence-electron chi connectivity index (χ1n) is 5.81. The zero-order chi connectivity index (χ0) is 13.0. The number of rotatable bonds is 4. The first-order valence-corrected chi connectivity index (χ1v) is 5.81. The van der Waals surface area contributed by atoms with Gasteiger partial charge in [0.15, 0.2) is 5.82 Å². The third-order valence-electron chi connectivity index (χ3n) is 2.78. The highest BCUT2D eigenvalue weighted by molar-refractivity contribution is 5.69. The van der Waals surface area contributed by atoms with E-state index in [2.05, 4.69) is 4.98 Å². The van der Waals surface area contributed by atoms with Gasteiger partial charge in [-0.2, -0.15) is 0 Å². The molecule has 0 spiro atoms. The molecule has 94 valence electrons. The van der Waals surface area contributed by atoms with Gasteiger partial charge in [-0.15, -0.1) is 0 Å². The minimum absolute atomic E-state index is 0.118. The molecule has 0 saturated heterocycles. The lowest BCUT2D eigenvalue weighted by Crippen LogP contribution is -2.22. The highest BCUT2D eigenvalue weighted by Crippen LogP contribution is 2.25. The molecule has 0 amide bonds. The van der Waals surface area contributed by atoms with Gasteiger partial charge in [-0.25, -0.2) is 10.0 Å². The Morgan fingerprint density at radius 2 is 2.00 bits per heavy atom. The standard InChI is InChI=1S/C14H16N2O2/c1-11-4-2-3-5-13(11)12-6-7-15-14(10-12)16(18)8-9-17/h2-7,10,17-18H,8-9H2,1H3. The number of aliphatic hydroxyl groups excluding tert-OH is 1. The number of aromatic nitrogens is 1. The number of hydrogen-bond acceptors (Lipinski definition) is 4. The molecule has 0 radical (unpaired) electrons. The van der Waals surface area contributed by atoms with Crippen LogP contribution in [0.3, 0.4) is 0 Å². The van der Waals surface area contributed by atoms with Crippen molar-refractivity contribution in [1.29, 1.82) is 0 Å². The highest BCUT2D eigenvalue weighted by atomic mass is 16.5. The molecule has 2 rings (SSSR count). The molecule has 2 aromatic rings. The summed E-state index contributed by atoms with van der Waals surface area (Å²) in [6.07, 6.45) is 1.65. The van der Waals surface area contributed by atoms with Crippen LogP contribution in [0.5, 0.6) is 0 Å². The van der Waals surface area contributed by atoms with Crippen LogP contribution in [0.25, 0.3) is 11.1 Å². The predicted molar refractivity (Wildman–Crippen MR) is 70.6 cm³/mol. The van der Waals surface area contributed by atoms with Crippen LogP contribution < -0.4 is 5.06 Å². The molecule has 1 aromatic carbocycles. The Hall–Kier alpha value is -1.91. The van der Waals surface area contributed by atoms with Gasteiger partial charge in [0.1, 0.15) is 0 Å². The summed E-state index contributed by atoms with van der Waals surface area (Å²) in [6, 6.07) is 11.7. The number of nitrogens with zero attached hydrogens (tertiary/aromatic N) is 2. The molecule has 0 atom stereocenters. The molecule has 0 bridgehead atoms. The van der Waals surface area contributed by atoms with Gasteiger partial charge >= 0.3 is 0 Å². The van der Waals surface area contributed by atoms with Gasteiger partial charge in [0.25, 0.3) is 0 Å². The topological polar surface area (TPSA) is 56.6 Å². The van der Waals surface area contributed by atoms with Crippen LogP contribution in [-0.2, 0) is 0 Å². The molecular formula is C14H16N2O2. The van der Waals surface area contributed by atoms with Crippen LogP contribution in [0.4, 0.5) is 5.82 Å². The highest BCUT2D eigenvalue weighted by Gasteiger charge is 2.07. The quantitative estimate of drug-likeness (QED) is 0.810. The maximum atomic E-state index is 9.67. The molecule has 2 N–H and O–H groups in total. The van der Waals surface area contributed by atoms with Crippen LogP contribution in [-0.4, -0.2) is 28.4 Å². The maximum absolute atomic E-state index is 9.67. The number of anilines is 1. The number of aliphatic hydroxyl groups is 1. The fourth-order valence-corrected chi connectivity index (χ4v) is 1.83. The summed E-state index contributed by atoms with van der Waals surface area (Å²) >= 11 is 0. The van der Waals surface area contributed by atoms with Crippen molar-refractivity contribution in [2.75, 3.05) is 18.2 Å². The number of hydrogen-bond donors (Lipinski definition) is 2. The number of benzene rings is 1. The van der Waals surface area contributed by atoms with E-state index in [0.29, 0.717) is 5.82 Å².